The van der Waals surface area contributed by atoms with Crippen LogP contribution in [0.1, 0.15) is 46.9 Å². The van der Waals surface area contributed by atoms with E-state index in [0.29, 0.717) is 5.69 Å². The summed E-state index contributed by atoms with van der Waals surface area (Å²) in [5.41, 5.74) is 1.61. The maximum atomic E-state index is 12.5. The fourth-order valence-electron chi connectivity index (χ4n) is 2.22. The van der Waals surface area contributed by atoms with E-state index in [-0.39, 0.29) is 11.5 Å². The number of hydrogen-bond acceptors (Lipinski definition) is 2. The topological polar surface area (TPSA) is 42.0 Å². The zero-order chi connectivity index (χ0) is 17.2. The van der Waals surface area contributed by atoms with Gasteiger partial charge in [-0.1, -0.05) is 32.0 Å². The van der Waals surface area contributed by atoms with Gasteiger partial charge in [0.2, 0.25) is 0 Å². The van der Waals surface area contributed by atoms with E-state index < -0.39 is 17.8 Å². The summed E-state index contributed by atoms with van der Waals surface area (Å²) in [5, 5.41) is 2.77. The van der Waals surface area contributed by atoms with E-state index in [4.69, 9.17) is 0 Å². The predicted octanol–water partition coefficient (Wildman–Crippen LogP) is 4.78. The number of benzene rings is 1. The molecule has 3 nitrogen and oxygen atoms in total. The molecule has 0 bridgehead atoms. The number of aryl methyl sites for hydroxylation is 1. The largest absolute Gasteiger partial charge is 0.433 e. The van der Waals surface area contributed by atoms with Gasteiger partial charge in [-0.15, -0.1) is 0 Å². The molecular formula is C17H17F3N2O. The maximum Gasteiger partial charge on any atom is 0.433 e. The van der Waals surface area contributed by atoms with E-state index in [1.54, 1.807) is 0 Å². The highest BCUT2D eigenvalue weighted by Crippen LogP contribution is 2.29. The number of carbonyl (C=O) groups excluding carboxylic acids is 1. The molecule has 1 aromatic heterocycles. The molecule has 1 N–H and O–H groups in total. The van der Waals surface area contributed by atoms with Crippen LogP contribution in [0.25, 0.3) is 0 Å². The minimum absolute atomic E-state index is 0.0796. The van der Waals surface area contributed by atoms with Crippen LogP contribution in [0.15, 0.2) is 36.5 Å². The summed E-state index contributed by atoms with van der Waals surface area (Å²) < 4.78 is 37.5. The van der Waals surface area contributed by atoms with Gasteiger partial charge < -0.3 is 5.32 Å². The molecule has 122 valence electrons. The van der Waals surface area contributed by atoms with Crippen molar-refractivity contribution in [3.8, 4) is 0 Å². The average molecular weight is 322 g/mol. The molecule has 0 fully saturated rings. The Labute approximate surface area is 132 Å². The highest BCUT2D eigenvalue weighted by atomic mass is 19.4. The minimum Gasteiger partial charge on any atom is -0.321 e. The molecule has 0 radical (unpaired) electrons. The lowest BCUT2D eigenvalue weighted by Crippen LogP contribution is -2.16. The number of rotatable bonds is 3. The zero-order valence-electron chi connectivity index (χ0n) is 13.0. The van der Waals surface area contributed by atoms with Crippen molar-refractivity contribution in [2.75, 3.05) is 5.32 Å². The first kappa shape index (κ1) is 17.0. The van der Waals surface area contributed by atoms with Gasteiger partial charge in [-0.3, -0.25) is 9.78 Å². The Bertz CT molecular complexity index is 707. The average Bonchev–Trinajstić information content (AvgIpc) is 2.48. The molecule has 6 heteroatoms. The number of nitrogens with zero attached hydrogens (tertiary/aromatic N) is 1. The third kappa shape index (κ3) is 3.88. The maximum absolute atomic E-state index is 12.5. The van der Waals surface area contributed by atoms with Crippen molar-refractivity contribution in [3.63, 3.8) is 0 Å². The van der Waals surface area contributed by atoms with Crippen LogP contribution < -0.4 is 5.32 Å². The highest BCUT2D eigenvalue weighted by molar-refractivity contribution is 6.04. The molecule has 0 spiro atoms. The van der Waals surface area contributed by atoms with Gasteiger partial charge in [0.1, 0.15) is 5.69 Å². The summed E-state index contributed by atoms with van der Waals surface area (Å²) in [5.74, 6) is -0.279. The summed E-state index contributed by atoms with van der Waals surface area (Å²) in [6, 6.07) is 7.61. The van der Waals surface area contributed by atoms with E-state index in [0.717, 1.165) is 29.5 Å². The molecule has 0 saturated heterocycles. The molecule has 0 aliphatic rings. The van der Waals surface area contributed by atoms with Crippen molar-refractivity contribution in [3.05, 3.63) is 58.9 Å². The summed E-state index contributed by atoms with van der Waals surface area (Å²) in [4.78, 5) is 15.6. The molecule has 0 aliphatic carbocycles. The van der Waals surface area contributed by atoms with Crippen molar-refractivity contribution < 1.29 is 18.0 Å². The van der Waals surface area contributed by atoms with E-state index in [9.17, 15) is 18.0 Å². The van der Waals surface area contributed by atoms with Crippen LogP contribution >= 0.6 is 0 Å². The van der Waals surface area contributed by atoms with E-state index >= 15 is 0 Å². The fraction of sp³-hybridized carbons (Fsp3) is 0.294. The van der Waals surface area contributed by atoms with Gasteiger partial charge in [0.05, 0.1) is 5.56 Å². The summed E-state index contributed by atoms with van der Waals surface area (Å²) in [7, 11) is 0. The number of aromatic nitrogens is 1. The first-order chi connectivity index (χ1) is 10.7. The number of para-hydroxylation sites is 1. The first-order valence-corrected chi connectivity index (χ1v) is 7.14. The molecule has 2 rings (SSSR count). The SMILES string of the molecule is Cc1cccc(C(C)C)c1NC(=O)c1ccc(C(F)(F)F)nc1. The van der Waals surface area contributed by atoms with Crippen LogP contribution in [0.3, 0.4) is 0 Å². The third-order valence-electron chi connectivity index (χ3n) is 3.48. The summed E-state index contributed by atoms with van der Waals surface area (Å²) in [6.07, 6.45) is -3.58. The minimum atomic E-state index is -4.52. The zero-order valence-corrected chi connectivity index (χ0v) is 13.0. The second-order valence-electron chi connectivity index (χ2n) is 5.58. The van der Waals surface area contributed by atoms with Gasteiger partial charge in [0, 0.05) is 11.9 Å². The monoisotopic (exact) mass is 322 g/mol. The molecule has 0 atom stereocenters. The van der Waals surface area contributed by atoms with Crippen LogP contribution in [-0.2, 0) is 6.18 Å². The Balaban J connectivity index is 2.26. The molecule has 0 aliphatic heterocycles. The number of hydrogen-bond donors (Lipinski definition) is 1. The standard InChI is InChI=1S/C17H17F3N2O/c1-10(2)13-6-4-5-11(3)15(13)22-16(23)12-7-8-14(21-9-12)17(18,19)20/h4-10H,1-3H3,(H,22,23). The highest BCUT2D eigenvalue weighted by Gasteiger charge is 2.32. The Morgan fingerprint density at radius 2 is 1.87 bits per heavy atom. The smallest absolute Gasteiger partial charge is 0.321 e. The van der Waals surface area contributed by atoms with Crippen molar-refractivity contribution in [1.82, 2.24) is 4.98 Å². The molecule has 0 unspecified atom stereocenters. The lowest BCUT2D eigenvalue weighted by atomic mass is 9.98. The second-order valence-corrected chi connectivity index (χ2v) is 5.58. The van der Waals surface area contributed by atoms with E-state index in [1.165, 1.54) is 0 Å². The van der Waals surface area contributed by atoms with Gasteiger partial charge in [-0.25, -0.2) is 0 Å². The van der Waals surface area contributed by atoms with Gasteiger partial charge in [0.25, 0.3) is 5.91 Å². The number of halogens is 3. The van der Waals surface area contributed by atoms with Crippen molar-refractivity contribution >= 4 is 11.6 Å². The summed E-state index contributed by atoms with van der Waals surface area (Å²) in [6.45, 7) is 5.88. The van der Waals surface area contributed by atoms with Gasteiger partial charge in [-0.2, -0.15) is 13.2 Å². The third-order valence-corrected chi connectivity index (χ3v) is 3.48. The number of nitrogens with one attached hydrogen (secondary N) is 1. The van der Waals surface area contributed by atoms with E-state index in [1.807, 2.05) is 39.0 Å². The predicted molar refractivity (Wildman–Crippen MR) is 82.5 cm³/mol. The number of anilines is 1. The van der Waals surface area contributed by atoms with Crippen molar-refractivity contribution in [1.29, 1.82) is 0 Å². The van der Waals surface area contributed by atoms with Crippen LogP contribution in [-0.4, -0.2) is 10.9 Å². The number of pyridine rings is 1. The quantitative estimate of drug-likeness (QED) is 0.883. The Morgan fingerprint density at radius 3 is 2.39 bits per heavy atom. The molecule has 0 saturated carbocycles. The van der Waals surface area contributed by atoms with Crippen LogP contribution in [0, 0.1) is 6.92 Å². The Morgan fingerprint density at radius 1 is 1.17 bits per heavy atom. The van der Waals surface area contributed by atoms with Gasteiger partial charge in [-0.05, 0) is 36.1 Å². The molecule has 2 aromatic rings. The summed E-state index contributed by atoms with van der Waals surface area (Å²) >= 11 is 0. The van der Waals surface area contributed by atoms with E-state index in [2.05, 4.69) is 10.3 Å². The Hall–Kier alpha value is -2.37. The molecule has 23 heavy (non-hydrogen) atoms. The Kier molecular flexibility index (Phi) is 4.73. The van der Waals surface area contributed by atoms with Gasteiger partial charge in [0.15, 0.2) is 0 Å². The molecule has 1 heterocycles. The number of carbonyl (C=O) groups is 1. The molecule has 1 aromatic carbocycles. The second kappa shape index (κ2) is 6.40. The van der Waals surface area contributed by atoms with Gasteiger partial charge >= 0.3 is 6.18 Å². The first-order valence-electron chi connectivity index (χ1n) is 7.14. The van der Waals surface area contributed by atoms with Crippen molar-refractivity contribution in [2.45, 2.75) is 32.9 Å². The van der Waals surface area contributed by atoms with Crippen LogP contribution in [0.2, 0.25) is 0 Å². The molecule has 1 amide bonds. The van der Waals surface area contributed by atoms with Crippen LogP contribution in [0.5, 0.6) is 0 Å². The molecular weight excluding hydrogens is 305 g/mol. The fourth-order valence-corrected chi connectivity index (χ4v) is 2.22. The number of alkyl halides is 3. The number of amides is 1. The van der Waals surface area contributed by atoms with Crippen molar-refractivity contribution in [2.24, 2.45) is 0 Å². The lowest BCUT2D eigenvalue weighted by Gasteiger charge is -2.16. The lowest BCUT2D eigenvalue weighted by molar-refractivity contribution is -0.141. The van der Waals surface area contributed by atoms with Crippen LogP contribution in [0.4, 0.5) is 18.9 Å². The normalized spacial score (nSPS) is 11.6.